The Hall–Kier alpha value is -2.93. The lowest BCUT2D eigenvalue weighted by atomic mass is 10.0. The SMILES string of the molecule is N#C/C(=C\c1ccccc1Cl)c1nc(-c2cccc3ccccc23)cs1. The van der Waals surface area contributed by atoms with Crippen LogP contribution >= 0.6 is 22.9 Å². The number of benzene rings is 3. The summed E-state index contributed by atoms with van der Waals surface area (Å²) in [5.41, 5.74) is 3.27. The van der Waals surface area contributed by atoms with E-state index in [1.807, 2.05) is 47.8 Å². The molecular weight excluding hydrogens is 360 g/mol. The highest BCUT2D eigenvalue weighted by Crippen LogP contribution is 2.32. The molecule has 0 bridgehead atoms. The van der Waals surface area contributed by atoms with Crippen molar-refractivity contribution >= 4 is 45.4 Å². The maximum atomic E-state index is 9.59. The molecule has 4 heteroatoms. The minimum atomic E-state index is 0.509. The van der Waals surface area contributed by atoms with Crippen LogP contribution in [0.25, 0.3) is 33.7 Å². The number of allylic oxidation sites excluding steroid dienone is 1. The van der Waals surface area contributed by atoms with Crippen LogP contribution in [0.15, 0.2) is 72.1 Å². The molecule has 0 saturated heterocycles. The molecule has 0 aliphatic heterocycles. The molecule has 0 fully saturated rings. The zero-order valence-corrected chi connectivity index (χ0v) is 15.3. The smallest absolute Gasteiger partial charge is 0.134 e. The molecule has 0 saturated carbocycles. The van der Waals surface area contributed by atoms with Crippen LogP contribution in [-0.4, -0.2) is 4.98 Å². The van der Waals surface area contributed by atoms with Gasteiger partial charge in [0.2, 0.25) is 0 Å². The van der Waals surface area contributed by atoms with Gasteiger partial charge in [0.25, 0.3) is 0 Å². The zero-order valence-electron chi connectivity index (χ0n) is 13.7. The van der Waals surface area contributed by atoms with E-state index in [1.54, 1.807) is 6.08 Å². The van der Waals surface area contributed by atoms with E-state index < -0.39 is 0 Å². The minimum absolute atomic E-state index is 0.509. The van der Waals surface area contributed by atoms with Crippen LogP contribution < -0.4 is 0 Å². The standard InChI is InChI=1S/C22H13ClN2S/c23-20-11-4-2-7-16(20)12-17(13-24)22-25-21(14-26-22)19-10-5-8-15-6-1-3-9-18(15)19/h1-12,14H/b17-12+. The third kappa shape index (κ3) is 3.13. The van der Waals surface area contributed by atoms with Gasteiger partial charge in [0.1, 0.15) is 11.1 Å². The van der Waals surface area contributed by atoms with Crippen molar-refractivity contribution < 1.29 is 0 Å². The number of nitriles is 1. The first-order chi connectivity index (χ1) is 12.8. The van der Waals surface area contributed by atoms with Crippen LogP contribution in [0.1, 0.15) is 10.6 Å². The summed E-state index contributed by atoms with van der Waals surface area (Å²) in [5, 5.41) is 15.2. The molecule has 4 aromatic rings. The van der Waals surface area contributed by atoms with Gasteiger partial charge >= 0.3 is 0 Å². The van der Waals surface area contributed by atoms with Gasteiger partial charge in [-0.05, 0) is 28.5 Å². The Morgan fingerprint density at radius 1 is 1.00 bits per heavy atom. The van der Waals surface area contributed by atoms with E-state index in [4.69, 9.17) is 16.6 Å². The second-order valence-electron chi connectivity index (χ2n) is 5.76. The third-order valence-corrected chi connectivity index (χ3v) is 5.35. The molecule has 0 amide bonds. The average Bonchev–Trinajstić information content (AvgIpc) is 3.16. The van der Waals surface area contributed by atoms with E-state index in [1.165, 1.54) is 16.7 Å². The van der Waals surface area contributed by atoms with Crippen LogP contribution in [-0.2, 0) is 0 Å². The molecule has 1 aromatic heterocycles. The van der Waals surface area contributed by atoms with Gasteiger partial charge in [-0.1, -0.05) is 72.3 Å². The van der Waals surface area contributed by atoms with Crippen molar-refractivity contribution in [3.05, 3.63) is 87.7 Å². The van der Waals surface area contributed by atoms with E-state index in [0.29, 0.717) is 15.6 Å². The van der Waals surface area contributed by atoms with Gasteiger partial charge in [-0.25, -0.2) is 4.98 Å². The predicted molar refractivity (Wildman–Crippen MR) is 110 cm³/mol. The van der Waals surface area contributed by atoms with Gasteiger partial charge in [0, 0.05) is 16.0 Å². The molecule has 0 N–H and O–H groups in total. The fourth-order valence-corrected chi connectivity index (χ4v) is 3.84. The third-order valence-electron chi connectivity index (χ3n) is 4.13. The van der Waals surface area contributed by atoms with E-state index >= 15 is 0 Å². The first-order valence-electron chi connectivity index (χ1n) is 8.06. The Kier molecular flexibility index (Phi) is 4.53. The molecule has 0 atom stereocenters. The van der Waals surface area contributed by atoms with Crippen molar-refractivity contribution in [3.63, 3.8) is 0 Å². The molecule has 3 aromatic carbocycles. The summed E-state index contributed by atoms with van der Waals surface area (Å²) in [6.45, 7) is 0. The molecular formula is C22H13ClN2S. The monoisotopic (exact) mass is 372 g/mol. The topological polar surface area (TPSA) is 36.7 Å². The Balaban J connectivity index is 1.78. The van der Waals surface area contributed by atoms with E-state index in [9.17, 15) is 5.26 Å². The molecule has 0 aliphatic carbocycles. The Morgan fingerprint density at radius 2 is 1.77 bits per heavy atom. The Labute approximate surface area is 160 Å². The molecule has 4 rings (SSSR count). The molecule has 26 heavy (non-hydrogen) atoms. The van der Waals surface area contributed by atoms with Crippen LogP contribution in [0.5, 0.6) is 0 Å². The molecule has 0 radical (unpaired) electrons. The maximum Gasteiger partial charge on any atom is 0.134 e. The normalized spacial score (nSPS) is 11.5. The number of rotatable bonds is 3. The first-order valence-corrected chi connectivity index (χ1v) is 9.32. The fraction of sp³-hybridized carbons (Fsp3) is 0. The van der Waals surface area contributed by atoms with Gasteiger partial charge in [-0.15, -0.1) is 11.3 Å². The largest absolute Gasteiger partial charge is 0.235 e. The highest BCUT2D eigenvalue weighted by atomic mass is 35.5. The van der Waals surface area contributed by atoms with Gasteiger partial charge in [0.05, 0.1) is 11.3 Å². The fourth-order valence-electron chi connectivity index (χ4n) is 2.86. The minimum Gasteiger partial charge on any atom is -0.235 e. The van der Waals surface area contributed by atoms with E-state index in [2.05, 4.69) is 30.3 Å². The van der Waals surface area contributed by atoms with Gasteiger partial charge in [-0.3, -0.25) is 0 Å². The van der Waals surface area contributed by atoms with E-state index in [-0.39, 0.29) is 0 Å². The van der Waals surface area contributed by atoms with Crippen molar-refractivity contribution in [2.45, 2.75) is 0 Å². The number of hydrogen-bond acceptors (Lipinski definition) is 3. The molecule has 0 spiro atoms. The van der Waals surface area contributed by atoms with Gasteiger partial charge < -0.3 is 0 Å². The number of thiazole rings is 1. The molecule has 124 valence electrons. The number of nitrogens with zero attached hydrogens (tertiary/aromatic N) is 2. The highest BCUT2D eigenvalue weighted by Gasteiger charge is 2.11. The zero-order chi connectivity index (χ0) is 17.9. The summed E-state index contributed by atoms with van der Waals surface area (Å²) >= 11 is 7.67. The number of halogens is 1. The highest BCUT2D eigenvalue weighted by molar-refractivity contribution is 7.11. The average molecular weight is 373 g/mol. The summed E-state index contributed by atoms with van der Waals surface area (Å²) in [6.07, 6.45) is 1.79. The quantitative estimate of drug-likeness (QED) is 0.376. The van der Waals surface area contributed by atoms with Crippen molar-refractivity contribution in [2.75, 3.05) is 0 Å². The second kappa shape index (κ2) is 7.13. The summed E-state index contributed by atoms with van der Waals surface area (Å²) in [4.78, 5) is 4.71. The van der Waals surface area contributed by atoms with E-state index in [0.717, 1.165) is 22.2 Å². The number of fused-ring (bicyclic) bond motifs is 1. The van der Waals surface area contributed by atoms with Crippen molar-refractivity contribution in [2.24, 2.45) is 0 Å². The lowest BCUT2D eigenvalue weighted by molar-refractivity contribution is 1.38. The van der Waals surface area contributed by atoms with Crippen LogP contribution in [0, 0.1) is 11.3 Å². The molecule has 1 heterocycles. The lowest BCUT2D eigenvalue weighted by Crippen LogP contribution is -1.85. The van der Waals surface area contributed by atoms with Crippen molar-refractivity contribution in [1.82, 2.24) is 4.98 Å². The van der Waals surface area contributed by atoms with Crippen molar-refractivity contribution in [3.8, 4) is 17.3 Å². The molecule has 2 nitrogen and oxygen atoms in total. The Morgan fingerprint density at radius 3 is 2.62 bits per heavy atom. The molecule has 0 unspecified atom stereocenters. The number of hydrogen-bond donors (Lipinski definition) is 0. The lowest BCUT2D eigenvalue weighted by Gasteiger charge is -2.03. The first kappa shape index (κ1) is 16.5. The van der Waals surface area contributed by atoms with Gasteiger partial charge in [-0.2, -0.15) is 5.26 Å². The Bertz CT molecular complexity index is 1160. The number of aromatic nitrogens is 1. The second-order valence-corrected chi connectivity index (χ2v) is 7.02. The van der Waals surface area contributed by atoms with Gasteiger partial charge in [0.15, 0.2) is 0 Å². The summed E-state index contributed by atoms with van der Waals surface area (Å²) in [5.74, 6) is 0. The summed E-state index contributed by atoms with van der Waals surface area (Å²) in [6, 6.07) is 24.1. The summed E-state index contributed by atoms with van der Waals surface area (Å²) < 4.78 is 0. The predicted octanol–water partition coefficient (Wildman–Crippen LogP) is 6.68. The van der Waals surface area contributed by atoms with Crippen LogP contribution in [0.3, 0.4) is 0 Å². The van der Waals surface area contributed by atoms with Crippen LogP contribution in [0.4, 0.5) is 0 Å². The summed E-state index contributed by atoms with van der Waals surface area (Å²) in [7, 11) is 0. The van der Waals surface area contributed by atoms with Crippen LogP contribution in [0.2, 0.25) is 5.02 Å². The maximum absolute atomic E-state index is 9.59. The molecule has 0 aliphatic rings. The van der Waals surface area contributed by atoms with Crippen molar-refractivity contribution in [1.29, 1.82) is 5.26 Å².